The molecule has 0 saturated carbocycles. The summed E-state index contributed by atoms with van der Waals surface area (Å²) in [6.45, 7) is 3.95. The second-order valence-electron chi connectivity index (χ2n) is 9.04. The maximum absolute atomic E-state index is 14.0. The first-order valence-electron chi connectivity index (χ1n) is 12.5. The zero-order valence-corrected chi connectivity index (χ0v) is 27.3. The second-order valence-corrected chi connectivity index (χ2v) is 12.7. The third-order valence-corrected chi connectivity index (χ3v) is 9.00. The number of esters is 1. The minimum Gasteiger partial charge on any atom is -0.487 e. The number of carbonyl (C=O) groups excluding carboxylic acids is 1. The van der Waals surface area contributed by atoms with Gasteiger partial charge in [0.1, 0.15) is 18.4 Å². The number of hydrogen-bond donors (Lipinski definition) is 0. The standard InChI is InChI=1S/C30H22Br2Cl2N2O4S/c1-3-39-29(38)25-16(2)35-30-36(26(25)21-6-4-5-7-23(21)34)28(37)24(41-30)13-18-12-20(33)14-22(32)27(18)40-15-17-8-10-19(31)11-9-17/h4-14,26H,3,15H2,1-2H3/b24-13-/t26-/m0/s1. The van der Waals surface area contributed by atoms with Gasteiger partial charge in [0.15, 0.2) is 4.80 Å². The van der Waals surface area contributed by atoms with Crippen LogP contribution in [0.3, 0.4) is 0 Å². The van der Waals surface area contributed by atoms with Crippen molar-refractivity contribution in [2.24, 2.45) is 4.99 Å². The van der Waals surface area contributed by atoms with Gasteiger partial charge in [0.05, 0.1) is 26.9 Å². The van der Waals surface area contributed by atoms with Crippen LogP contribution >= 0.6 is 66.4 Å². The number of fused-ring (bicyclic) bond motifs is 1. The van der Waals surface area contributed by atoms with Crippen LogP contribution in [0.25, 0.3) is 6.08 Å². The van der Waals surface area contributed by atoms with E-state index in [1.165, 1.54) is 15.9 Å². The minimum absolute atomic E-state index is 0.182. The van der Waals surface area contributed by atoms with E-state index < -0.39 is 12.0 Å². The molecular weight excluding hydrogens is 715 g/mol. The molecule has 0 amide bonds. The highest BCUT2D eigenvalue weighted by Gasteiger charge is 2.34. The largest absolute Gasteiger partial charge is 0.487 e. The van der Waals surface area contributed by atoms with Gasteiger partial charge >= 0.3 is 5.97 Å². The predicted octanol–water partition coefficient (Wildman–Crippen LogP) is 7.21. The molecule has 0 saturated heterocycles. The molecule has 0 fully saturated rings. The van der Waals surface area contributed by atoms with Gasteiger partial charge in [0.2, 0.25) is 0 Å². The van der Waals surface area contributed by atoms with Crippen molar-refractivity contribution in [1.29, 1.82) is 0 Å². The van der Waals surface area contributed by atoms with E-state index in [0.717, 1.165) is 10.0 Å². The maximum atomic E-state index is 14.0. The van der Waals surface area contributed by atoms with Crippen LogP contribution in [0.1, 0.15) is 36.6 Å². The van der Waals surface area contributed by atoms with E-state index in [1.54, 1.807) is 50.3 Å². The molecule has 0 unspecified atom stereocenters. The highest BCUT2D eigenvalue weighted by atomic mass is 79.9. The van der Waals surface area contributed by atoms with Crippen molar-refractivity contribution in [2.75, 3.05) is 6.61 Å². The molecule has 11 heteroatoms. The zero-order valence-electron chi connectivity index (χ0n) is 21.8. The lowest BCUT2D eigenvalue weighted by molar-refractivity contribution is -0.139. The molecule has 1 atom stereocenters. The molecule has 4 aromatic rings. The first-order chi connectivity index (χ1) is 19.7. The van der Waals surface area contributed by atoms with Gasteiger partial charge in [-0.25, -0.2) is 9.79 Å². The number of rotatable bonds is 7. The molecule has 1 aliphatic heterocycles. The number of aromatic nitrogens is 1. The molecular formula is C30H22Br2Cl2N2O4S. The Morgan fingerprint density at radius 1 is 1.12 bits per heavy atom. The molecule has 1 aromatic heterocycles. The molecule has 0 N–H and O–H groups in total. The fourth-order valence-corrected chi connectivity index (χ4v) is 6.99. The Balaban J connectivity index is 1.65. The number of hydrogen-bond acceptors (Lipinski definition) is 6. The van der Waals surface area contributed by atoms with Gasteiger partial charge in [0.25, 0.3) is 5.56 Å². The fourth-order valence-electron chi connectivity index (χ4n) is 4.50. The van der Waals surface area contributed by atoms with Crippen LogP contribution in [0.15, 0.2) is 90.7 Å². The predicted molar refractivity (Wildman–Crippen MR) is 169 cm³/mol. The van der Waals surface area contributed by atoms with E-state index in [4.69, 9.17) is 32.7 Å². The summed E-state index contributed by atoms with van der Waals surface area (Å²) in [4.78, 5) is 32.2. The Morgan fingerprint density at radius 3 is 2.56 bits per heavy atom. The summed E-state index contributed by atoms with van der Waals surface area (Å²) in [7, 11) is 0. The third-order valence-electron chi connectivity index (χ3n) is 6.34. The molecule has 3 aromatic carbocycles. The quantitative estimate of drug-likeness (QED) is 0.188. The van der Waals surface area contributed by atoms with E-state index in [1.807, 2.05) is 30.3 Å². The van der Waals surface area contributed by atoms with Crippen molar-refractivity contribution in [3.8, 4) is 5.75 Å². The van der Waals surface area contributed by atoms with Crippen molar-refractivity contribution < 1.29 is 14.3 Å². The number of benzene rings is 3. The lowest BCUT2D eigenvalue weighted by atomic mass is 9.96. The monoisotopic (exact) mass is 734 g/mol. The minimum atomic E-state index is -0.805. The average Bonchev–Trinajstić information content (AvgIpc) is 3.23. The summed E-state index contributed by atoms with van der Waals surface area (Å²) in [6, 6.07) is 17.6. The second kappa shape index (κ2) is 12.7. The SMILES string of the molecule is CCOC(=O)C1=C(C)N=c2s/c(=C\c3cc(Cl)cc(Br)c3OCc3ccc(Br)cc3)c(=O)n2[C@H]1c1ccccc1Cl. The highest BCUT2D eigenvalue weighted by molar-refractivity contribution is 9.10. The number of carbonyl (C=O) groups is 1. The van der Waals surface area contributed by atoms with Crippen LogP contribution in [-0.4, -0.2) is 17.1 Å². The smallest absolute Gasteiger partial charge is 0.338 e. The first kappa shape index (κ1) is 29.8. The number of allylic oxidation sites excluding steroid dienone is 1. The molecule has 1 aliphatic rings. The molecule has 2 heterocycles. The number of nitrogens with zero attached hydrogens (tertiary/aromatic N) is 2. The van der Waals surface area contributed by atoms with Crippen molar-refractivity contribution in [1.82, 2.24) is 4.57 Å². The molecule has 0 bridgehead atoms. The Labute approximate surface area is 266 Å². The summed E-state index contributed by atoms with van der Waals surface area (Å²) in [5.74, 6) is -0.00968. The van der Waals surface area contributed by atoms with Gasteiger partial charge in [-0.3, -0.25) is 9.36 Å². The Morgan fingerprint density at radius 2 is 1.85 bits per heavy atom. The Hall–Kier alpha value is -2.69. The number of ether oxygens (including phenoxy) is 2. The highest BCUT2D eigenvalue weighted by Crippen LogP contribution is 2.36. The van der Waals surface area contributed by atoms with Gasteiger partial charge in [-0.15, -0.1) is 0 Å². The summed E-state index contributed by atoms with van der Waals surface area (Å²) in [5, 5.41) is 0.896. The summed E-state index contributed by atoms with van der Waals surface area (Å²) in [5.41, 5.74) is 2.59. The number of thiazole rings is 1. The molecule has 210 valence electrons. The molecule has 6 nitrogen and oxygen atoms in total. The Bertz CT molecular complexity index is 1870. The van der Waals surface area contributed by atoms with Crippen LogP contribution in [-0.2, 0) is 16.1 Å². The molecule has 5 rings (SSSR count). The van der Waals surface area contributed by atoms with Crippen LogP contribution in [0.2, 0.25) is 10.0 Å². The average molecular weight is 737 g/mol. The van der Waals surface area contributed by atoms with Gasteiger partial charge in [-0.05, 0) is 77.3 Å². The van der Waals surface area contributed by atoms with Gasteiger partial charge < -0.3 is 9.47 Å². The summed E-state index contributed by atoms with van der Waals surface area (Å²) < 4.78 is 15.1. The maximum Gasteiger partial charge on any atom is 0.338 e. The van der Waals surface area contributed by atoms with E-state index in [9.17, 15) is 9.59 Å². The molecule has 0 aliphatic carbocycles. The van der Waals surface area contributed by atoms with E-state index >= 15 is 0 Å². The van der Waals surface area contributed by atoms with Gasteiger partial charge in [0, 0.05) is 20.1 Å². The van der Waals surface area contributed by atoms with Crippen LogP contribution in [0, 0.1) is 0 Å². The molecule has 0 spiro atoms. The third kappa shape index (κ3) is 6.24. The number of halogens is 4. The van der Waals surface area contributed by atoms with Gasteiger partial charge in [-0.1, -0.05) is 80.8 Å². The van der Waals surface area contributed by atoms with Crippen molar-refractivity contribution in [2.45, 2.75) is 26.5 Å². The van der Waals surface area contributed by atoms with E-state index in [2.05, 4.69) is 36.9 Å². The van der Waals surface area contributed by atoms with E-state index in [0.29, 0.717) is 53.0 Å². The molecule has 41 heavy (non-hydrogen) atoms. The van der Waals surface area contributed by atoms with Gasteiger partial charge in [-0.2, -0.15) is 0 Å². The Kier molecular flexibility index (Phi) is 9.21. The van der Waals surface area contributed by atoms with Crippen molar-refractivity contribution >= 4 is 78.4 Å². The zero-order chi connectivity index (χ0) is 29.3. The first-order valence-corrected chi connectivity index (χ1v) is 15.6. The topological polar surface area (TPSA) is 69.9 Å². The fraction of sp³-hybridized carbons (Fsp3) is 0.167. The normalized spacial score (nSPS) is 15.0. The van der Waals surface area contributed by atoms with Crippen LogP contribution in [0.4, 0.5) is 0 Å². The van der Waals surface area contributed by atoms with Crippen molar-refractivity contribution in [3.63, 3.8) is 0 Å². The molecule has 0 radical (unpaired) electrons. The van der Waals surface area contributed by atoms with Crippen molar-refractivity contribution in [3.05, 3.63) is 127 Å². The van der Waals surface area contributed by atoms with E-state index in [-0.39, 0.29) is 17.7 Å². The lowest BCUT2D eigenvalue weighted by Gasteiger charge is -2.25. The summed E-state index contributed by atoms with van der Waals surface area (Å²) in [6.07, 6.45) is 1.73. The summed E-state index contributed by atoms with van der Waals surface area (Å²) >= 11 is 21.2. The van der Waals surface area contributed by atoms with Crippen LogP contribution in [0.5, 0.6) is 5.75 Å². The lowest BCUT2D eigenvalue weighted by Crippen LogP contribution is -2.40. The van der Waals surface area contributed by atoms with Crippen LogP contribution < -0.4 is 19.6 Å².